The summed E-state index contributed by atoms with van der Waals surface area (Å²) in [5.41, 5.74) is 0.320. The van der Waals surface area contributed by atoms with E-state index in [9.17, 15) is 8.42 Å². The molecule has 0 amide bonds. The Balaban J connectivity index is 2.14. The molecule has 10 heteroatoms. The molecule has 21 heavy (non-hydrogen) atoms. The fourth-order valence-electron chi connectivity index (χ4n) is 2.32. The predicted octanol–water partition coefficient (Wildman–Crippen LogP) is 0.488. The van der Waals surface area contributed by atoms with Crippen molar-refractivity contribution in [3.05, 3.63) is 17.2 Å². The summed E-state index contributed by atoms with van der Waals surface area (Å²) >= 11 is 5.95. The van der Waals surface area contributed by atoms with Crippen LogP contribution in [-0.4, -0.2) is 55.0 Å². The van der Waals surface area contributed by atoms with Gasteiger partial charge in [-0.1, -0.05) is 11.6 Å². The van der Waals surface area contributed by atoms with Crippen molar-refractivity contribution in [2.24, 2.45) is 0 Å². The molecule has 0 saturated carbocycles. The molecule has 8 nitrogen and oxygen atoms in total. The Kier molecular flexibility index (Phi) is 3.56. The number of piperazine rings is 1. The monoisotopic (exact) mass is 329 g/mol. The number of hydrogen-bond donors (Lipinski definition) is 2. The third-order valence-corrected chi connectivity index (χ3v) is 5.80. The molecule has 0 bridgehead atoms. The zero-order valence-corrected chi connectivity index (χ0v) is 12.4. The van der Waals surface area contributed by atoms with Gasteiger partial charge in [-0.15, -0.1) is 0 Å². The summed E-state index contributed by atoms with van der Waals surface area (Å²) in [6, 6.07) is 2.84. The quantitative estimate of drug-likeness (QED) is 0.622. The first kappa shape index (κ1) is 14.2. The van der Waals surface area contributed by atoms with E-state index < -0.39 is 15.2 Å². The Labute approximate surface area is 125 Å². The lowest BCUT2D eigenvalue weighted by atomic mass is 10.3. The number of nitrogens with one attached hydrogen (secondary N) is 2. The highest BCUT2D eigenvalue weighted by atomic mass is 35.5. The highest BCUT2D eigenvalue weighted by Gasteiger charge is 2.35. The SMILES string of the molecule is N=CN1CCNCC1S(=O)(=O)c1ccc(Cl)c2nonc12. The van der Waals surface area contributed by atoms with Crippen molar-refractivity contribution in [2.45, 2.75) is 10.3 Å². The first-order valence-electron chi connectivity index (χ1n) is 6.17. The van der Waals surface area contributed by atoms with Gasteiger partial charge in [0.2, 0.25) is 9.84 Å². The topological polar surface area (TPSA) is 112 Å². The Morgan fingerprint density at radius 1 is 1.43 bits per heavy atom. The maximum Gasteiger partial charge on any atom is 0.203 e. The van der Waals surface area contributed by atoms with E-state index >= 15 is 0 Å². The maximum atomic E-state index is 12.8. The average Bonchev–Trinajstić information content (AvgIpc) is 2.97. The molecule has 2 N–H and O–H groups in total. The average molecular weight is 330 g/mol. The Bertz CT molecular complexity index is 790. The van der Waals surface area contributed by atoms with E-state index in [0.717, 1.165) is 6.34 Å². The number of hydrogen-bond acceptors (Lipinski definition) is 7. The number of sulfone groups is 1. The third-order valence-electron chi connectivity index (χ3n) is 3.40. The Morgan fingerprint density at radius 3 is 2.95 bits per heavy atom. The summed E-state index contributed by atoms with van der Waals surface area (Å²) in [5, 5.41) is 17.1. The van der Waals surface area contributed by atoms with Crippen molar-refractivity contribution in [3.8, 4) is 0 Å². The number of nitrogens with zero attached hydrogens (tertiary/aromatic N) is 3. The van der Waals surface area contributed by atoms with Crippen molar-refractivity contribution in [3.63, 3.8) is 0 Å². The van der Waals surface area contributed by atoms with Crippen molar-refractivity contribution < 1.29 is 13.0 Å². The number of fused-ring (bicyclic) bond motifs is 1. The molecule has 1 atom stereocenters. The molecule has 1 fully saturated rings. The minimum Gasteiger partial charge on any atom is -0.344 e. The molecule has 2 heterocycles. The Morgan fingerprint density at radius 2 is 2.19 bits per heavy atom. The van der Waals surface area contributed by atoms with Crippen molar-refractivity contribution in [1.82, 2.24) is 20.5 Å². The first-order chi connectivity index (χ1) is 10.1. The molecule has 2 aromatic rings. The van der Waals surface area contributed by atoms with E-state index in [1.807, 2.05) is 0 Å². The van der Waals surface area contributed by atoms with Gasteiger partial charge in [0, 0.05) is 19.6 Å². The van der Waals surface area contributed by atoms with Gasteiger partial charge < -0.3 is 10.2 Å². The smallest absolute Gasteiger partial charge is 0.203 e. The molecule has 1 saturated heterocycles. The van der Waals surface area contributed by atoms with E-state index in [1.165, 1.54) is 17.0 Å². The highest BCUT2D eigenvalue weighted by Crippen LogP contribution is 2.29. The molecule has 1 aromatic heterocycles. The molecule has 1 unspecified atom stereocenters. The fourth-order valence-corrected chi connectivity index (χ4v) is 4.32. The second kappa shape index (κ2) is 5.24. The Hall–Kier alpha value is -1.71. The summed E-state index contributed by atoms with van der Waals surface area (Å²) in [6.45, 7) is 1.30. The van der Waals surface area contributed by atoms with Crippen LogP contribution in [0.4, 0.5) is 0 Å². The third kappa shape index (κ3) is 2.27. The lowest BCUT2D eigenvalue weighted by molar-refractivity contribution is 0.314. The largest absolute Gasteiger partial charge is 0.344 e. The van der Waals surface area contributed by atoms with Crippen molar-refractivity contribution >= 4 is 38.8 Å². The van der Waals surface area contributed by atoms with Crippen LogP contribution in [0.2, 0.25) is 5.02 Å². The molecule has 3 rings (SSSR count). The van der Waals surface area contributed by atoms with E-state index in [1.54, 1.807) is 0 Å². The summed E-state index contributed by atoms with van der Waals surface area (Å²) in [4.78, 5) is 1.48. The number of halogens is 1. The molecule has 0 aliphatic carbocycles. The van der Waals surface area contributed by atoms with E-state index in [2.05, 4.69) is 20.3 Å². The molecule has 0 radical (unpaired) electrons. The van der Waals surface area contributed by atoms with E-state index in [-0.39, 0.29) is 27.5 Å². The van der Waals surface area contributed by atoms with Crippen LogP contribution in [0, 0.1) is 5.41 Å². The summed E-state index contributed by atoms with van der Waals surface area (Å²) in [7, 11) is -3.75. The zero-order chi connectivity index (χ0) is 15.0. The van der Waals surface area contributed by atoms with Gasteiger partial charge in [0.15, 0.2) is 11.0 Å². The van der Waals surface area contributed by atoms with Crippen LogP contribution < -0.4 is 5.32 Å². The maximum absolute atomic E-state index is 12.8. The molecular formula is C11H12ClN5O3S. The van der Waals surface area contributed by atoms with Crippen LogP contribution in [0.15, 0.2) is 21.7 Å². The second-order valence-electron chi connectivity index (χ2n) is 4.58. The molecule has 112 valence electrons. The van der Waals surface area contributed by atoms with Crippen LogP contribution in [0.3, 0.4) is 0 Å². The first-order valence-corrected chi connectivity index (χ1v) is 8.10. The van der Waals surface area contributed by atoms with Crippen LogP contribution in [-0.2, 0) is 9.84 Å². The lowest BCUT2D eigenvalue weighted by Gasteiger charge is -2.33. The second-order valence-corrected chi connectivity index (χ2v) is 7.06. The highest BCUT2D eigenvalue weighted by molar-refractivity contribution is 7.92. The lowest BCUT2D eigenvalue weighted by Crippen LogP contribution is -2.53. The molecule has 1 aromatic carbocycles. The number of benzene rings is 1. The molecule has 1 aliphatic rings. The number of rotatable bonds is 3. The fraction of sp³-hybridized carbons (Fsp3) is 0.364. The molecule has 1 aliphatic heterocycles. The summed E-state index contributed by atoms with van der Waals surface area (Å²) in [6.07, 6.45) is 1.04. The van der Waals surface area contributed by atoms with Crippen molar-refractivity contribution in [2.75, 3.05) is 19.6 Å². The van der Waals surface area contributed by atoms with Crippen LogP contribution >= 0.6 is 11.6 Å². The number of aromatic nitrogens is 2. The van der Waals surface area contributed by atoms with Crippen molar-refractivity contribution in [1.29, 1.82) is 5.41 Å². The molecule has 0 spiro atoms. The van der Waals surface area contributed by atoms with E-state index in [0.29, 0.717) is 13.1 Å². The van der Waals surface area contributed by atoms with Gasteiger partial charge in [0.1, 0.15) is 10.3 Å². The zero-order valence-electron chi connectivity index (χ0n) is 10.8. The van der Waals surface area contributed by atoms with Gasteiger partial charge in [-0.25, -0.2) is 13.0 Å². The molecular weight excluding hydrogens is 318 g/mol. The standard InChI is InChI=1S/C11H12ClN5O3S/c12-7-1-2-8(11-10(7)15-20-16-11)21(18,19)9-5-14-3-4-17(9)6-13/h1-2,6,9,13-14H,3-5H2. The van der Waals surface area contributed by atoms with Gasteiger partial charge in [0.25, 0.3) is 0 Å². The van der Waals surface area contributed by atoms with Gasteiger partial charge >= 0.3 is 0 Å². The normalized spacial score (nSPS) is 19.9. The minimum atomic E-state index is -3.75. The van der Waals surface area contributed by atoms with Gasteiger partial charge in [0.05, 0.1) is 11.4 Å². The van der Waals surface area contributed by atoms with Gasteiger partial charge in [-0.2, -0.15) is 0 Å². The van der Waals surface area contributed by atoms with Gasteiger partial charge in [-0.05, 0) is 22.4 Å². The summed E-state index contributed by atoms with van der Waals surface area (Å²) < 4.78 is 30.3. The summed E-state index contributed by atoms with van der Waals surface area (Å²) in [5.74, 6) is 0. The van der Waals surface area contributed by atoms with Crippen LogP contribution in [0.25, 0.3) is 11.0 Å². The predicted molar refractivity (Wildman–Crippen MR) is 76.1 cm³/mol. The van der Waals surface area contributed by atoms with E-state index in [4.69, 9.17) is 17.0 Å². The minimum absolute atomic E-state index is 0.00343. The van der Waals surface area contributed by atoms with Gasteiger partial charge in [-0.3, -0.25) is 5.41 Å². The van der Waals surface area contributed by atoms with Crippen LogP contribution in [0.5, 0.6) is 0 Å². The van der Waals surface area contributed by atoms with Crippen LogP contribution in [0.1, 0.15) is 0 Å².